The fourth-order valence-electron chi connectivity index (χ4n) is 1.86. The van der Waals surface area contributed by atoms with Crippen LogP contribution in [-0.4, -0.2) is 22.0 Å². The summed E-state index contributed by atoms with van der Waals surface area (Å²) in [5.41, 5.74) is 8.00. The summed E-state index contributed by atoms with van der Waals surface area (Å²) in [6.45, 7) is 3.96. The van der Waals surface area contributed by atoms with Gasteiger partial charge in [0.15, 0.2) is 0 Å². The number of hydrazine groups is 1. The molecule has 2 aromatic rings. The van der Waals surface area contributed by atoms with Gasteiger partial charge >= 0.3 is 5.69 Å². The van der Waals surface area contributed by atoms with Crippen LogP contribution in [-0.2, 0) is 0 Å². The van der Waals surface area contributed by atoms with Crippen LogP contribution in [0.5, 0.6) is 0 Å². The SMILES string of the molecule is CNNc1nc(-c2c(C)cccc2C)[nH]c(=O)n1. The molecule has 0 atom stereocenters. The Morgan fingerprint density at radius 1 is 1.17 bits per heavy atom. The highest BCUT2D eigenvalue weighted by Gasteiger charge is 2.09. The van der Waals surface area contributed by atoms with Crippen molar-refractivity contribution < 1.29 is 0 Å². The fraction of sp³-hybridized carbons (Fsp3) is 0.250. The van der Waals surface area contributed by atoms with Crippen molar-refractivity contribution in [3.05, 3.63) is 39.8 Å². The number of aryl methyl sites for hydroxylation is 2. The molecule has 6 heteroatoms. The second kappa shape index (κ2) is 4.97. The Hall–Kier alpha value is -2.21. The van der Waals surface area contributed by atoms with E-state index in [0.717, 1.165) is 16.7 Å². The lowest BCUT2D eigenvalue weighted by Crippen LogP contribution is -2.23. The van der Waals surface area contributed by atoms with E-state index in [0.29, 0.717) is 5.82 Å². The van der Waals surface area contributed by atoms with Gasteiger partial charge in [0, 0.05) is 12.6 Å². The Bertz CT molecular complexity index is 600. The second-order valence-electron chi connectivity index (χ2n) is 3.97. The summed E-state index contributed by atoms with van der Waals surface area (Å²) < 4.78 is 0. The number of aromatic nitrogens is 3. The van der Waals surface area contributed by atoms with Gasteiger partial charge in [-0.05, 0) is 25.0 Å². The minimum Gasteiger partial charge on any atom is -0.290 e. The van der Waals surface area contributed by atoms with E-state index in [1.54, 1.807) is 7.05 Å². The Morgan fingerprint density at radius 2 is 1.83 bits per heavy atom. The summed E-state index contributed by atoms with van der Waals surface area (Å²) in [5, 5.41) is 0. The maximum atomic E-state index is 11.5. The van der Waals surface area contributed by atoms with E-state index in [-0.39, 0.29) is 5.95 Å². The molecule has 0 radical (unpaired) electrons. The molecule has 0 saturated carbocycles. The highest BCUT2D eigenvalue weighted by molar-refractivity contribution is 5.64. The number of nitrogens with zero attached hydrogens (tertiary/aromatic N) is 2. The molecule has 0 spiro atoms. The average Bonchev–Trinajstić information content (AvgIpc) is 2.28. The summed E-state index contributed by atoms with van der Waals surface area (Å²) in [5.74, 6) is 0.766. The summed E-state index contributed by atoms with van der Waals surface area (Å²) in [6, 6.07) is 5.93. The van der Waals surface area contributed by atoms with Crippen LogP contribution in [0.2, 0.25) is 0 Å². The van der Waals surface area contributed by atoms with Crippen LogP contribution in [0.15, 0.2) is 23.0 Å². The van der Waals surface area contributed by atoms with Crippen LogP contribution in [0.25, 0.3) is 11.4 Å². The van der Waals surface area contributed by atoms with Crippen LogP contribution in [0.1, 0.15) is 11.1 Å². The largest absolute Gasteiger partial charge is 0.349 e. The first kappa shape index (κ1) is 12.3. The number of hydrogen-bond acceptors (Lipinski definition) is 5. The van der Waals surface area contributed by atoms with Gasteiger partial charge in [-0.15, -0.1) is 0 Å². The molecule has 1 heterocycles. The van der Waals surface area contributed by atoms with Gasteiger partial charge in [-0.2, -0.15) is 9.97 Å². The molecule has 0 aliphatic carbocycles. The molecule has 2 rings (SSSR count). The summed E-state index contributed by atoms with van der Waals surface area (Å²) >= 11 is 0. The lowest BCUT2D eigenvalue weighted by Gasteiger charge is -2.09. The van der Waals surface area contributed by atoms with E-state index in [9.17, 15) is 4.79 Å². The van der Waals surface area contributed by atoms with Crippen LogP contribution in [0, 0.1) is 13.8 Å². The van der Waals surface area contributed by atoms with E-state index < -0.39 is 5.69 Å². The minimum absolute atomic E-state index is 0.249. The van der Waals surface area contributed by atoms with Gasteiger partial charge in [0.2, 0.25) is 5.95 Å². The molecule has 18 heavy (non-hydrogen) atoms. The van der Waals surface area contributed by atoms with Crippen LogP contribution < -0.4 is 16.5 Å². The third kappa shape index (κ3) is 2.38. The van der Waals surface area contributed by atoms with Crippen molar-refractivity contribution >= 4 is 5.95 Å². The van der Waals surface area contributed by atoms with Gasteiger partial charge in [-0.25, -0.2) is 10.2 Å². The molecule has 0 unspecified atom stereocenters. The molecule has 0 bridgehead atoms. The first-order valence-corrected chi connectivity index (χ1v) is 5.59. The molecule has 0 fully saturated rings. The topological polar surface area (TPSA) is 82.7 Å². The number of rotatable bonds is 3. The van der Waals surface area contributed by atoms with Crippen LogP contribution in [0.3, 0.4) is 0 Å². The fourth-order valence-corrected chi connectivity index (χ4v) is 1.86. The third-order valence-corrected chi connectivity index (χ3v) is 2.61. The maximum Gasteiger partial charge on any atom is 0.349 e. The summed E-state index contributed by atoms with van der Waals surface area (Å²) in [4.78, 5) is 22.2. The number of anilines is 1. The predicted octanol–water partition coefficient (Wildman–Crippen LogP) is 0.995. The molecular weight excluding hydrogens is 230 g/mol. The Morgan fingerprint density at radius 3 is 2.44 bits per heavy atom. The zero-order chi connectivity index (χ0) is 13.1. The zero-order valence-electron chi connectivity index (χ0n) is 10.5. The summed E-state index contributed by atoms with van der Waals surface area (Å²) in [6.07, 6.45) is 0. The van der Waals surface area contributed by atoms with Gasteiger partial charge < -0.3 is 0 Å². The van der Waals surface area contributed by atoms with Crippen molar-refractivity contribution in [2.45, 2.75) is 13.8 Å². The Balaban J connectivity index is 2.60. The van der Waals surface area contributed by atoms with Gasteiger partial charge in [-0.3, -0.25) is 10.4 Å². The minimum atomic E-state index is -0.430. The quantitative estimate of drug-likeness (QED) is 0.703. The Labute approximate surface area is 104 Å². The molecule has 0 amide bonds. The smallest absolute Gasteiger partial charge is 0.290 e. The van der Waals surface area contributed by atoms with Crippen molar-refractivity contribution in [1.82, 2.24) is 20.4 Å². The lowest BCUT2D eigenvalue weighted by atomic mass is 10.0. The number of benzene rings is 1. The molecule has 3 N–H and O–H groups in total. The predicted molar refractivity (Wildman–Crippen MR) is 70.2 cm³/mol. The number of hydrogen-bond donors (Lipinski definition) is 3. The van der Waals surface area contributed by atoms with Crippen molar-refractivity contribution in [2.24, 2.45) is 0 Å². The Kier molecular flexibility index (Phi) is 3.38. The highest BCUT2D eigenvalue weighted by atomic mass is 16.1. The van der Waals surface area contributed by atoms with E-state index >= 15 is 0 Å². The zero-order valence-corrected chi connectivity index (χ0v) is 10.5. The molecule has 0 aliphatic rings. The highest BCUT2D eigenvalue weighted by Crippen LogP contribution is 2.23. The lowest BCUT2D eigenvalue weighted by molar-refractivity contribution is 0.904. The second-order valence-corrected chi connectivity index (χ2v) is 3.97. The van der Waals surface area contributed by atoms with Crippen LogP contribution >= 0.6 is 0 Å². The van der Waals surface area contributed by atoms with Crippen molar-refractivity contribution in [2.75, 3.05) is 12.5 Å². The molecule has 6 nitrogen and oxygen atoms in total. The molecule has 94 valence electrons. The maximum absolute atomic E-state index is 11.5. The summed E-state index contributed by atoms with van der Waals surface area (Å²) in [7, 11) is 1.68. The molecule has 0 saturated heterocycles. The van der Waals surface area contributed by atoms with Gasteiger partial charge in [0.1, 0.15) is 5.82 Å². The van der Waals surface area contributed by atoms with E-state index in [1.165, 1.54) is 0 Å². The number of aromatic amines is 1. The van der Waals surface area contributed by atoms with Gasteiger partial charge in [0.05, 0.1) is 0 Å². The molecule has 1 aromatic heterocycles. The molecule has 0 aliphatic heterocycles. The van der Waals surface area contributed by atoms with Crippen molar-refractivity contribution in [1.29, 1.82) is 0 Å². The molecular formula is C12H15N5O. The average molecular weight is 245 g/mol. The van der Waals surface area contributed by atoms with E-state index in [2.05, 4.69) is 25.8 Å². The first-order chi connectivity index (χ1) is 8.61. The normalized spacial score (nSPS) is 10.4. The van der Waals surface area contributed by atoms with E-state index in [1.807, 2.05) is 32.0 Å². The van der Waals surface area contributed by atoms with Crippen molar-refractivity contribution in [3.63, 3.8) is 0 Å². The van der Waals surface area contributed by atoms with Gasteiger partial charge in [0.25, 0.3) is 0 Å². The standard InChI is InChI=1S/C12H15N5O/c1-7-5-4-6-8(2)9(7)10-14-11(17-13-3)16-12(18)15-10/h4-6,13H,1-3H3,(H2,14,15,16,17,18). The van der Waals surface area contributed by atoms with Crippen LogP contribution in [0.4, 0.5) is 5.95 Å². The van der Waals surface area contributed by atoms with Gasteiger partial charge in [-0.1, -0.05) is 18.2 Å². The number of H-pyrrole nitrogens is 1. The first-order valence-electron chi connectivity index (χ1n) is 5.59. The van der Waals surface area contributed by atoms with E-state index in [4.69, 9.17) is 0 Å². The monoisotopic (exact) mass is 245 g/mol. The van der Waals surface area contributed by atoms with Crippen molar-refractivity contribution in [3.8, 4) is 11.4 Å². The molecule has 1 aromatic carbocycles. The third-order valence-electron chi connectivity index (χ3n) is 2.61. The number of nitrogens with one attached hydrogen (secondary N) is 3.